The van der Waals surface area contributed by atoms with Crippen molar-refractivity contribution in [2.75, 3.05) is 12.0 Å². The fourth-order valence-electron chi connectivity index (χ4n) is 2.98. The number of nitro benzene ring substituents is 1. The first kappa shape index (κ1) is 26.2. The molecule has 0 aliphatic heterocycles. The Bertz CT molecular complexity index is 1250. The molecular weight excluding hydrogens is 585 g/mol. The molecule has 7 nitrogen and oxygen atoms in total. The number of ether oxygens (including phenoxy) is 2. The Balaban J connectivity index is 1.80. The van der Waals surface area contributed by atoms with Crippen molar-refractivity contribution in [3.05, 3.63) is 90.8 Å². The second kappa shape index (κ2) is 11.3. The van der Waals surface area contributed by atoms with Gasteiger partial charge in [0.25, 0.3) is 5.69 Å². The molecule has 0 saturated carbocycles. The molecule has 0 spiro atoms. The monoisotopic (exact) mass is 603 g/mol. The van der Waals surface area contributed by atoms with Crippen molar-refractivity contribution in [3.63, 3.8) is 0 Å². The number of nitro groups is 1. The maximum absolute atomic E-state index is 13.4. The van der Waals surface area contributed by atoms with Crippen LogP contribution in [0.3, 0.4) is 0 Å². The Labute approximate surface area is 211 Å². The van der Waals surface area contributed by atoms with Crippen LogP contribution in [-0.2, 0) is 12.8 Å². The zero-order valence-corrected chi connectivity index (χ0v) is 20.3. The van der Waals surface area contributed by atoms with Crippen LogP contribution in [0.15, 0.2) is 59.7 Å². The third-order valence-corrected chi connectivity index (χ3v) is 5.33. The van der Waals surface area contributed by atoms with Crippen LogP contribution in [-0.4, -0.2) is 17.7 Å². The average molecular weight is 603 g/mol. The minimum absolute atomic E-state index is 0.112. The molecule has 1 N–H and O–H groups in total. The fraction of sp³-hybridized carbons (Fsp3) is 0.174. The van der Waals surface area contributed by atoms with Crippen molar-refractivity contribution in [2.45, 2.75) is 19.7 Å². The topological polar surface area (TPSA) is 86.0 Å². The number of hydrazone groups is 1. The lowest BCUT2D eigenvalue weighted by molar-refractivity contribution is -0.384. The van der Waals surface area contributed by atoms with E-state index in [2.05, 4.69) is 10.5 Å². The lowest BCUT2D eigenvalue weighted by atomic mass is 10.1. The van der Waals surface area contributed by atoms with Crippen molar-refractivity contribution in [1.29, 1.82) is 0 Å². The molecule has 0 heterocycles. The summed E-state index contributed by atoms with van der Waals surface area (Å²) in [5.74, 6) is 0.469. The number of benzene rings is 3. The van der Waals surface area contributed by atoms with Gasteiger partial charge in [0.1, 0.15) is 18.1 Å². The predicted molar refractivity (Wildman–Crippen MR) is 130 cm³/mol. The lowest BCUT2D eigenvalue weighted by Gasteiger charge is -2.15. The van der Waals surface area contributed by atoms with Gasteiger partial charge in [0.2, 0.25) is 0 Å². The van der Waals surface area contributed by atoms with Crippen LogP contribution in [0.4, 0.5) is 28.9 Å². The van der Waals surface area contributed by atoms with E-state index in [1.807, 2.05) is 22.6 Å². The number of hydrogen-bond donors (Lipinski definition) is 1. The van der Waals surface area contributed by atoms with E-state index in [-0.39, 0.29) is 18.1 Å². The quantitative estimate of drug-likeness (QED) is 0.0959. The second-order valence-electron chi connectivity index (χ2n) is 7.04. The highest BCUT2D eigenvalue weighted by molar-refractivity contribution is 14.1. The predicted octanol–water partition coefficient (Wildman–Crippen LogP) is 6.78. The molecule has 0 amide bonds. The summed E-state index contributed by atoms with van der Waals surface area (Å²) in [6, 6.07) is 11.4. The van der Waals surface area contributed by atoms with E-state index in [0.29, 0.717) is 38.9 Å². The van der Waals surface area contributed by atoms with E-state index in [0.717, 1.165) is 12.1 Å². The molecule has 0 aliphatic carbocycles. The second-order valence-corrected chi connectivity index (χ2v) is 8.20. The Morgan fingerprint density at radius 2 is 1.91 bits per heavy atom. The third-order valence-electron chi connectivity index (χ3n) is 4.52. The van der Waals surface area contributed by atoms with Gasteiger partial charge in [-0.1, -0.05) is 12.1 Å². The van der Waals surface area contributed by atoms with E-state index in [9.17, 15) is 27.7 Å². The first-order chi connectivity index (χ1) is 16.6. The van der Waals surface area contributed by atoms with Gasteiger partial charge in [-0.15, -0.1) is 0 Å². The van der Waals surface area contributed by atoms with Gasteiger partial charge in [0.05, 0.1) is 26.9 Å². The molecule has 0 atom stereocenters. The molecule has 0 saturated heterocycles. The molecule has 3 aromatic rings. The van der Waals surface area contributed by atoms with Crippen molar-refractivity contribution in [3.8, 4) is 11.5 Å². The average Bonchev–Trinajstić information content (AvgIpc) is 2.78. The smallest absolute Gasteiger partial charge is 0.416 e. The molecule has 0 aliphatic rings. The summed E-state index contributed by atoms with van der Waals surface area (Å²) in [4.78, 5) is 10.3. The lowest BCUT2D eigenvalue weighted by Crippen LogP contribution is -2.06. The Morgan fingerprint density at radius 1 is 1.14 bits per heavy atom. The van der Waals surface area contributed by atoms with E-state index in [4.69, 9.17) is 9.47 Å². The van der Waals surface area contributed by atoms with E-state index in [1.165, 1.54) is 18.3 Å². The van der Waals surface area contributed by atoms with Crippen LogP contribution in [0.2, 0.25) is 0 Å². The summed E-state index contributed by atoms with van der Waals surface area (Å²) in [6.07, 6.45) is -3.38. The summed E-state index contributed by atoms with van der Waals surface area (Å²) in [6.45, 7) is 2.23. The molecule has 184 valence electrons. The number of anilines is 1. The zero-order valence-electron chi connectivity index (χ0n) is 18.1. The third kappa shape index (κ3) is 7.04. The minimum atomic E-state index is -4.71. The first-order valence-corrected chi connectivity index (χ1v) is 11.1. The molecule has 0 aromatic heterocycles. The number of nitrogens with one attached hydrogen (secondary N) is 1. The number of rotatable bonds is 9. The number of halogens is 5. The van der Waals surface area contributed by atoms with Crippen LogP contribution in [0.5, 0.6) is 11.5 Å². The van der Waals surface area contributed by atoms with Gasteiger partial charge in [-0.3, -0.25) is 15.5 Å². The van der Waals surface area contributed by atoms with Gasteiger partial charge in [0, 0.05) is 6.07 Å². The normalized spacial score (nSPS) is 11.5. The van der Waals surface area contributed by atoms with E-state index < -0.39 is 22.4 Å². The van der Waals surface area contributed by atoms with Crippen LogP contribution < -0.4 is 14.9 Å². The van der Waals surface area contributed by atoms with Crippen molar-refractivity contribution in [2.24, 2.45) is 5.10 Å². The highest BCUT2D eigenvalue weighted by atomic mass is 127. The minimum Gasteiger partial charge on any atom is -0.490 e. The Kier molecular flexibility index (Phi) is 8.48. The first-order valence-electron chi connectivity index (χ1n) is 10.1. The molecule has 12 heteroatoms. The Morgan fingerprint density at radius 3 is 2.57 bits per heavy atom. The molecule has 35 heavy (non-hydrogen) atoms. The molecule has 0 bridgehead atoms. The van der Waals surface area contributed by atoms with Crippen LogP contribution in [0.1, 0.15) is 23.6 Å². The van der Waals surface area contributed by atoms with Gasteiger partial charge in [-0.25, -0.2) is 4.39 Å². The molecular formula is C23H18F4IN3O4. The molecule has 3 aromatic carbocycles. The summed E-state index contributed by atoms with van der Waals surface area (Å²) >= 11 is 2.03. The Hall–Kier alpha value is -3.42. The van der Waals surface area contributed by atoms with Crippen molar-refractivity contribution >= 4 is 40.2 Å². The van der Waals surface area contributed by atoms with Crippen LogP contribution in [0.25, 0.3) is 0 Å². The zero-order chi connectivity index (χ0) is 25.6. The summed E-state index contributed by atoms with van der Waals surface area (Å²) in [5.41, 5.74) is 1.49. The number of hydrogen-bond acceptors (Lipinski definition) is 6. The SMILES string of the molecule is CCOc1cc(/C=N\Nc2ccc(C(F)(F)F)cc2[N+](=O)[O-])cc(I)c1OCc1cccc(F)c1. The van der Waals surface area contributed by atoms with Gasteiger partial charge in [-0.2, -0.15) is 18.3 Å². The molecule has 0 radical (unpaired) electrons. The van der Waals surface area contributed by atoms with Gasteiger partial charge >= 0.3 is 6.18 Å². The maximum atomic E-state index is 13.4. The number of alkyl halides is 3. The highest BCUT2D eigenvalue weighted by Crippen LogP contribution is 2.36. The van der Waals surface area contributed by atoms with Crippen molar-refractivity contribution < 1.29 is 32.0 Å². The number of nitrogens with zero attached hydrogens (tertiary/aromatic N) is 2. The molecule has 0 fully saturated rings. The fourth-order valence-corrected chi connectivity index (χ4v) is 3.76. The van der Waals surface area contributed by atoms with Crippen LogP contribution in [0, 0.1) is 19.5 Å². The summed E-state index contributed by atoms with van der Waals surface area (Å²) in [5, 5.41) is 15.1. The van der Waals surface area contributed by atoms with Gasteiger partial charge in [0.15, 0.2) is 11.5 Å². The van der Waals surface area contributed by atoms with Gasteiger partial charge < -0.3 is 9.47 Å². The summed E-state index contributed by atoms with van der Waals surface area (Å²) in [7, 11) is 0. The molecule has 0 unspecified atom stereocenters. The van der Waals surface area contributed by atoms with E-state index >= 15 is 0 Å². The maximum Gasteiger partial charge on any atom is 0.416 e. The summed E-state index contributed by atoms with van der Waals surface area (Å²) < 4.78 is 64.2. The largest absolute Gasteiger partial charge is 0.490 e. The van der Waals surface area contributed by atoms with E-state index in [1.54, 1.807) is 31.2 Å². The standard InChI is InChI=1S/C23H18F4IN3O4/c1-2-34-21-10-15(9-18(28)22(21)35-13-14-4-3-5-17(24)8-14)12-29-30-19-7-6-16(23(25,26)27)11-20(19)31(32)33/h3-12,30H,2,13H2,1H3/b29-12-. The van der Waals surface area contributed by atoms with Gasteiger partial charge in [-0.05, 0) is 77.0 Å². The highest BCUT2D eigenvalue weighted by Gasteiger charge is 2.33. The molecule has 3 rings (SSSR count). The van der Waals surface area contributed by atoms with Crippen LogP contribution >= 0.6 is 22.6 Å². The van der Waals surface area contributed by atoms with Crippen molar-refractivity contribution in [1.82, 2.24) is 0 Å².